The Morgan fingerprint density at radius 2 is 0.600 bits per heavy atom. The molecule has 0 unspecified atom stereocenters. The van der Waals surface area contributed by atoms with Crippen LogP contribution in [0.5, 0.6) is 0 Å². The van der Waals surface area contributed by atoms with Gasteiger partial charge in [0.1, 0.15) is 0 Å². The fraction of sp³-hybridized carbons (Fsp3) is 0.176. The summed E-state index contributed by atoms with van der Waals surface area (Å²) < 4.78 is 6.59. The van der Waals surface area contributed by atoms with Gasteiger partial charge < -0.3 is 4.74 Å². The molecule has 0 heterocycles. The van der Waals surface area contributed by atoms with E-state index in [9.17, 15) is 0 Å². The second-order valence-corrected chi connectivity index (χ2v) is 9.30. The van der Waals surface area contributed by atoms with Gasteiger partial charge in [0.05, 0.1) is 13.2 Å². The molecule has 6 aromatic carbocycles. The fourth-order valence-corrected chi connectivity index (χ4v) is 5.95. The van der Waals surface area contributed by atoms with Crippen LogP contribution in [0.15, 0.2) is 97.1 Å². The van der Waals surface area contributed by atoms with Crippen LogP contribution >= 0.6 is 0 Å². The Balaban J connectivity index is 1.46. The molecule has 0 aliphatic rings. The molecule has 0 aromatic heterocycles. The highest BCUT2D eigenvalue weighted by Crippen LogP contribution is 2.36. The summed E-state index contributed by atoms with van der Waals surface area (Å²) in [5.74, 6) is 0. The van der Waals surface area contributed by atoms with Crippen molar-refractivity contribution < 1.29 is 4.74 Å². The maximum Gasteiger partial charge on any atom is 0.0733 e. The van der Waals surface area contributed by atoms with Gasteiger partial charge in [-0.05, 0) is 78.2 Å². The summed E-state index contributed by atoms with van der Waals surface area (Å²) in [6.07, 6.45) is 2.04. The zero-order valence-corrected chi connectivity index (χ0v) is 20.5. The van der Waals surface area contributed by atoms with Crippen molar-refractivity contribution in [3.8, 4) is 0 Å². The highest BCUT2D eigenvalue weighted by molar-refractivity contribution is 6.07. The lowest BCUT2D eigenvalue weighted by atomic mass is 9.90. The van der Waals surface area contributed by atoms with E-state index >= 15 is 0 Å². The van der Waals surface area contributed by atoms with Gasteiger partial charge in [0.15, 0.2) is 0 Å². The van der Waals surface area contributed by atoms with E-state index in [-0.39, 0.29) is 0 Å². The molecule has 6 aromatic rings. The van der Waals surface area contributed by atoms with Gasteiger partial charge >= 0.3 is 0 Å². The first-order valence-corrected chi connectivity index (χ1v) is 12.7. The zero-order chi connectivity index (χ0) is 23.8. The highest BCUT2D eigenvalue weighted by atomic mass is 16.5. The summed E-state index contributed by atoms with van der Waals surface area (Å²) in [5.41, 5.74) is 5.42. The van der Waals surface area contributed by atoms with Gasteiger partial charge in [-0.15, -0.1) is 0 Å². The third-order valence-corrected chi connectivity index (χ3v) is 7.51. The first-order chi connectivity index (χ1) is 17.3. The maximum absolute atomic E-state index is 6.59. The molecule has 0 atom stereocenters. The molecule has 0 amide bonds. The Kier molecular flexibility index (Phi) is 5.72. The van der Waals surface area contributed by atoms with Gasteiger partial charge in [-0.25, -0.2) is 0 Å². The van der Waals surface area contributed by atoms with E-state index < -0.39 is 0 Å². The van der Waals surface area contributed by atoms with Crippen LogP contribution < -0.4 is 0 Å². The molecule has 0 radical (unpaired) electrons. The van der Waals surface area contributed by atoms with E-state index in [0.717, 1.165) is 12.8 Å². The number of aryl methyl sites for hydroxylation is 2. The van der Waals surface area contributed by atoms with Crippen LogP contribution in [-0.4, -0.2) is 0 Å². The molecule has 0 aliphatic carbocycles. The molecule has 1 nitrogen and oxygen atoms in total. The van der Waals surface area contributed by atoms with Crippen LogP contribution in [-0.2, 0) is 30.8 Å². The highest BCUT2D eigenvalue weighted by Gasteiger charge is 2.15. The third-order valence-electron chi connectivity index (χ3n) is 7.51. The van der Waals surface area contributed by atoms with Crippen molar-refractivity contribution in [3.05, 3.63) is 119 Å². The topological polar surface area (TPSA) is 9.23 Å². The summed E-state index contributed by atoms with van der Waals surface area (Å²) in [5, 5.41) is 10.6. The summed E-state index contributed by atoms with van der Waals surface area (Å²) in [7, 11) is 0. The lowest BCUT2D eigenvalue weighted by Gasteiger charge is -2.18. The van der Waals surface area contributed by atoms with Gasteiger partial charge in [0, 0.05) is 0 Å². The lowest BCUT2D eigenvalue weighted by Crippen LogP contribution is -2.01. The first kappa shape index (κ1) is 21.8. The van der Waals surface area contributed by atoms with E-state index in [1.165, 1.54) is 65.3 Å². The largest absolute Gasteiger partial charge is 0.372 e. The van der Waals surface area contributed by atoms with E-state index in [2.05, 4.69) is 111 Å². The molecule has 6 rings (SSSR count). The molecular weight excluding hydrogens is 424 g/mol. The summed E-state index contributed by atoms with van der Waals surface area (Å²) in [6, 6.07) is 35.2. The maximum atomic E-state index is 6.59. The molecule has 172 valence electrons. The van der Waals surface area contributed by atoms with E-state index in [1.807, 2.05) is 0 Å². The van der Waals surface area contributed by atoms with Crippen LogP contribution in [0.4, 0.5) is 0 Å². The van der Waals surface area contributed by atoms with E-state index in [0.29, 0.717) is 13.2 Å². The van der Waals surface area contributed by atoms with E-state index in [1.54, 1.807) is 0 Å². The van der Waals surface area contributed by atoms with Crippen molar-refractivity contribution in [3.63, 3.8) is 0 Å². The van der Waals surface area contributed by atoms with E-state index in [4.69, 9.17) is 4.74 Å². The van der Waals surface area contributed by atoms with Gasteiger partial charge in [0.2, 0.25) is 0 Å². The van der Waals surface area contributed by atoms with Crippen molar-refractivity contribution in [1.82, 2.24) is 0 Å². The fourth-order valence-electron chi connectivity index (χ4n) is 5.95. The summed E-state index contributed by atoms with van der Waals surface area (Å²) >= 11 is 0. The van der Waals surface area contributed by atoms with Crippen molar-refractivity contribution >= 4 is 43.1 Å². The molecule has 0 spiro atoms. The molecular formula is C34H30O. The lowest BCUT2D eigenvalue weighted by molar-refractivity contribution is 0.110. The molecule has 0 saturated heterocycles. The van der Waals surface area contributed by atoms with Crippen LogP contribution in [0.3, 0.4) is 0 Å². The van der Waals surface area contributed by atoms with Gasteiger partial charge in [-0.2, -0.15) is 0 Å². The number of ether oxygens (including phenoxy) is 1. The van der Waals surface area contributed by atoms with Crippen molar-refractivity contribution in [2.24, 2.45) is 0 Å². The zero-order valence-electron chi connectivity index (χ0n) is 20.5. The Labute approximate surface area is 207 Å². The first-order valence-electron chi connectivity index (χ1n) is 12.7. The van der Waals surface area contributed by atoms with Crippen LogP contribution in [0.1, 0.15) is 36.1 Å². The minimum atomic E-state index is 0.587. The molecule has 0 N–H and O–H groups in total. The average Bonchev–Trinajstić information content (AvgIpc) is 2.92. The number of fused-ring (bicyclic) bond motifs is 4. The predicted octanol–water partition coefficient (Wildman–Crippen LogP) is 9.14. The monoisotopic (exact) mass is 454 g/mol. The molecule has 0 bridgehead atoms. The predicted molar refractivity (Wildman–Crippen MR) is 150 cm³/mol. The number of rotatable bonds is 6. The Morgan fingerprint density at radius 3 is 0.829 bits per heavy atom. The Hall–Kier alpha value is -3.68. The van der Waals surface area contributed by atoms with Gasteiger partial charge in [-0.3, -0.25) is 0 Å². The number of hydrogen-bond acceptors (Lipinski definition) is 1. The van der Waals surface area contributed by atoms with Crippen molar-refractivity contribution in [2.45, 2.75) is 39.9 Å². The average molecular weight is 455 g/mol. The van der Waals surface area contributed by atoms with Crippen LogP contribution in [0, 0.1) is 0 Å². The molecule has 0 saturated carbocycles. The molecule has 1 heteroatoms. The van der Waals surface area contributed by atoms with Crippen molar-refractivity contribution in [1.29, 1.82) is 0 Å². The minimum absolute atomic E-state index is 0.587. The van der Waals surface area contributed by atoms with Crippen molar-refractivity contribution in [2.75, 3.05) is 0 Å². The normalized spacial score (nSPS) is 11.7. The smallest absolute Gasteiger partial charge is 0.0733 e. The molecule has 0 fully saturated rings. The standard InChI is InChI=1S/C34H30O/c1-3-23-25-13-5-9-17-29(25)33(30-18-10-6-14-26(23)30)21-35-22-34-31-19-11-7-15-27(31)24(4-2)28-16-8-12-20-32(28)34/h5-20H,3-4,21-22H2,1-2H3. The minimum Gasteiger partial charge on any atom is -0.372 e. The van der Waals surface area contributed by atoms with Gasteiger partial charge in [-0.1, -0.05) is 111 Å². The summed E-state index contributed by atoms with van der Waals surface area (Å²) in [4.78, 5) is 0. The second kappa shape index (κ2) is 9.17. The number of benzene rings is 6. The SMILES string of the molecule is CCc1c2ccccc2c(COCc2c3ccccc3c(CC)c3ccccc23)c2ccccc12. The van der Waals surface area contributed by atoms with Crippen LogP contribution in [0.25, 0.3) is 43.1 Å². The quantitative estimate of drug-likeness (QED) is 0.228. The molecule has 35 heavy (non-hydrogen) atoms. The third kappa shape index (κ3) is 3.59. The molecule has 0 aliphatic heterocycles. The number of hydrogen-bond donors (Lipinski definition) is 0. The van der Waals surface area contributed by atoms with Gasteiger partial charge in [0.25, 0.3) is 0 Å². The Bertz CT molecular complexity index is 1450. The Morgan fingerprint density at radius 1 is 0.371 bits per heavy atom. The second-order valence-electron chi connectivity index (χ2n) is 9.30. The van der Waals surface area contributed by atoms with Crippen LogP contribution in [0.2, 0.25) is 0 Å². The summed E-state index contributed by atoms with van der Waals surface area (Å²) in [6.45, 7) is 5.67.